The van der Waals surface area contributed by atoms with Crippen LogP contribution < -0.4 is 0 Å². The number of furan rings is 1. The topological polar surface area (TPSA) is 31.0 Å². The molecule has 3 heterocycles. The molecule has 0 N–H and O–H groups in total. The Hall–Kier alpha value is -5.97. The largest absolute Gasteiger partial charge is 0.456 e. The van der Waals surface area contributed by atoms with Crippen molar-refractivity contribution in [3.63, 3.8) is 0 Å². The van der Waals surface area contributed by atoms with Crippen molar-refractivity contribution in [2.45, 2.75) is 0 Å². The van der Waals surface area contributed by atoms with Gasteiger partial charge in [0.05, 0.1) is 21.3 Å². The summed E-state index contributed by atoms with van der Waals surface area (Å²) in [5, 5.41) is 5.63. The van der Waals surface area contributed by atoms with E-state index in [2.05, 4.69) is 156 Å². The first-order chi connectivity index (χ1) is 23.3. The minimum Gasteiger partial charge on any atom is -0.456 e. The highest BCUT2D eigenvalue weighted by Crippen LogP contribution is 2.44. The van der Waals surface area contributed by atoms with Crippen molar-refractivity contribution in [1.29, 1.82) is 0 Å². The van der Waals surface area contributed by atoms with Crippen LogP contribution in [-0.4, -0.2) is 9.55 Å². The van der Waals surface area contributed by atoms with E-state index in [-0.39, 0.29) is 0 Å². The van der Waals surface area contributed by atoms with Crippen LogP contribution in [0.25, 0.3) is 92.5 Å². The summed E-state index contributed by atoms with van der Waals surface area (Å²) < 4.78 is 9.96. The predicted molar refractivity (Wildman–Crippen MR) is 198 cm³/mol. The van der Waals surface area contributed by atoms with Gasteiger partial charge in [-0.1, -0.05) is 133 Å². The molecule has 0 saturated heterocycles. The molecule has 0 bridgehead atoms. The summed E-state index contributed by atoms with van der Waals surface area (Å²) in [4.78, 5) is 5.30. The van der Waals surface area contributed by atoms with E-state index in [4.69, 9.17) is 9.40 Å². The van der Waals surface area contributed by atoms with Crippen LogP contribution in [0.4, 0.5) is 0 Å². The van der Waals surface area contributed by atoms with Crippen molar-refractivity contribution in [3.05, 3.63) is 158 Å². The molecule has 0 radical (unpaired) electrons. The third kappa shape index (κ3) is 4.09. The summed E-state index contributed by atoms with van der Waals surface area (Å²) in [5.41, 5.74) is 12.2. The average Bonchev–Trinajstić information content (AvgIpc) is 3.83. The van der Waals surface area contributed by atoms with Crippen molar-refractivity contribution in [3.8, 4) is 38.5 Å². The Morgan fingerprint density at radius 2 is 1.13 bits per heavy atom. The number of hydrogen-bond donors (Lipinski definition) is 0. The van der Waals surface area contributed by atoms with Crippen molar-refractivity contribution in [2.75, 3.05) is 0 Å². The van der Waals surface area contributed by atoms with E-state index in [1.54, 1.807) is 11.3 Å². The van der Waals surface area contributed by atoms with Gasteiger partial charge in [-0.3, -0.25) is 4.57 Å². The number of fused-ring (bicyclic) bond motifs is 8. The maximum absolute atomic E-state index is 6.46. The minimum atomic E-state index is 0.882. The van der Waals surface area contributed by atoms with Crippen LogP contribution in [0, 0.1) is 0 Å². The molecule has 220 valence electrons. The fraction of sp³-hybridized carbons (Fsp3) is 0. The van der Waals surface area contributed by atoms with E-state index in [1.807, 2.05) is 6.07 Å². The Balaban J connectivity index is 1.24. The quantitative estimate of drug-likeness (QED) is 0.196. The first-order valence-corrected chi connectivity index (χ1v) is 16.6. The molecule has 10 aromatic rings. The molecule has 3 aromatic heterocycles. The van der Waals surface area contributed by atoms with Gasteiger partial charge in [0.2, 0.25) is 0 Å². The van der Waals surface area contributed by atoms with Gasteiger partial charge in [0, 0.05) is 21.5 Å². The normalized spacial score (nSPS) is 11.8. The monoisotopic (exact) mass is 618 g/mol. The Labute approximate surface area is 274 Å². The van der Waals surface area contributed by atoms with Crippen molar-refractivity contribution in [1.82, 2.24) is 9.55 Å². The van der Waals surface area contributed by atoms with Crippen LogP contribution in [0.5, 0.6) is 0 Å². The molecule has 0 saturated carbocycles. The highest BCUT2D eigenvalue weighted by atomic mass is 32.1. The Morgan fingerprint density at radius 1 is 0.468 bits per heavy atom. The van der Waals surface area contributed by atoms with Crippen LogP contribution in [0.1, 0.15) is 0 Å². The van der Waals surface area contributed by atoms with Crippen molar-refractivity contribution in [2.24, 2.45) is 0 Å². The minimum absolute atomic E-state index is 0.882. The van der Waals surface area contributed by atoms with Gasteiger partial charge in [-0.15, -0.1) is 0 Å². The van der Waals surface area contributed by atoms with E-state index in [0.29, 0.717) is 0 Å². The molecule has 0 unspecified atom stereocenters. The lowest BCUT2D eigenvalue weighted by Crippen LogP contribution is -1.93. The summed E-state index contributed by atoms with van der Waals surface area (Å²) in [6.07, 6.45) is 0. The Morgan fingerprint density at radius 3 is 1.85 bits per heavy atom. The summed E-state index contributed by atoms with van der Waals surface area (Å²) in [5.74, 6) is 0. The van der Waals surface area contributed by atoms with Crippen LogP contribution in [0.15, 0.2) is 162 Å². The highest BCUT2D eigenvalue weighted by molar-refractivity contribution is 7.22. The van der Waals surface area contributed by atoms with E-state index in [0.717, 1.165) is 53.9 Å². The second-order valence-corrected chi connectivity index (χ2v) is 12.9. The maximum Gasteiger partial charge on any atom is 0.195 e. The number of hydrogen-bond acceptors (Lipinski definition) is 3. The summed E-state index contributed by atoms with van der Waals surface area (Å²) in [7, 11) is 0. The molecular weight excluding hydrogens is 593 g/mol. The molecule has 0 atom stereocenters. The molecule has 0 aliphatic carbocycles. The van der Waals surface area contributed by atoms with E-state index >= 15 is 0 Å². The Kier molecular flexibility index (Phi) is 5.74. The lowest BCUT2D eigenvalue weighted by molar-refractivity contribution is 0.669. The molecule has 47 heavy (non-hydrogen) atoms. The molecule has 4 heteroatoms. The third-order valence-electron chi connectivity index (χ3n) is 9.26. The molecule has 3 nitrogen and oxygen atoms in total. The van der Waals surface area contributed by atoms with Crippen molar-refractivity contribution < 1.29 is 4.42 Å². The first-order valence-electron chi connectivity index (χ1n) is 15.8. The molecule has 0 fully saturated rings. The lowest BCUT2D eigenvalue weighted by Gasteiger charge is -2.06. The smallest absolute Gasteiger partial charge is 0.195 e. The van der Waals surface area contributed by atoms with Crippen LogP contribution in [0.2, 0.25) is 0 Å². The third-order valence-corrected chi connectivity index (χ3v) is 10.3. The molecular formula is C43H26N2OS. The standard InChI is InChI=1S/C43H26N2OS/c1-4-11-27(12-5-1)30-19-21-33-37(25-30)45(36-18-10-17-32(40(33)36)29-15-8-3-9-16-29)43-44-35-23-24-38-41(42(35)47-43)34-22-20-31(26-39(34)46-38)28-13-6-2-7-14-28/h1-26H. The SMILES string of the molecule is c1ccc(-c2ccc3c(c2)oc2ccc4nc(-n5c6cc(-c7ccccc7)ccc6c6c(-c7ccccc7)cccc65)sc4c23)cc1. The van der Waals surface area contributed by atoms with E-state index < -0.39 is 0 Å². The fourth-order valence-corrected chi connectivity index (χ4v) is 8.23. The zero-order valence-corrected chi connectivity index (χ0v) is 26.0. The van der Waals surface area contributed by atoms with Gasteiger partial charge >= 0.3 is 0 Å². The summed E-state index contributed by atoms with van der Waals surface area (Å²) in [6, 6.07) is 55.9. The first kappa shape index (κ1) is 26.3. The van der Waals surface area contributed by atoms with Gasteiger partial charge in [-0.25, -0.2) is 4.98 Å². The summed E-state index contributed by atoms with van der Waals surface area (Å²) >= 11 is 1.73. The van der Waals surface area contributed by atoms with E-state index in [9.17, 15) is 0 Å². The average molecular weight is 619 g/mol. The molecule has 10 rings (SSSR count). The predicted octanol–water partition coefficient (Wildman–Crippen LogP) is 12.3. The highest BCUT2D eigenvalue weighted by Gasteiger charge is 2.21. The number of rotatable bonds is 4. The fourth-order valence-electron chi connectivity index (χ4n) is 7.08. The Bertz CT molecular complexity index is 2770. The lowest BCUT2D eigenvalue weighted by atomic mass is 9.98. The van der Waals surface area contributed by atoms with Crippen molar-refractivity contribution >= 4 is 65.3 Å². The zero-order chi connectivity index (χ0) is 30.9. The van der Waals surface area contributed by atoms with Gasteiger partial charge in [-0.2, -0.15) is 0 Å². The van der Waals surface area contributed by atoms with Gasteiger partial charge in [-0.05, 0) is 69.8 Å². The van der Waals surface area contributed by atoms with Gasteiger partial charge in [0.25, 0.3) is 0 Å². The zero-order valence-electron chi connectivity index (χ0n) is 25.2. The van der Waals surface area contributed by atoms with E-state index in [1.165, 1.54) is 38.6 Å². The second-order valence-electron chi connectivity index (χ2n) is 12.0. The molecule has 7 aromatic carbocycles. The van der Waals surface area contributed by atoms with Gasteiger partial charge in [0.15, 0.2) is 5.13 Å². The molecule has 0 amide bonds. The number of benzene rings is 7. The van der Waals surface area contributed by atoms with Crippen LogP contribution in [-0.2, 0) is 0 Å². The van der Waals surface area contributed by atoms with Gasteiger partial charge < -0.3 is 4.42 Å². The number of thiazole rings is 1. The number of aromatic nitrogens is 2. The van der Waals surface area contributed by atoms with Crippen LogP contribution in [0.3, 0.4) is 0 Å². The molecule has 0 aliphatic rings. The maximum atomic E-state index is 6.46. The van der Waals surface area contributed by atoms with Gasteiger partial charge in [0.1, 0.15) is 11.2 Å². The summed E-state index contributed by atoms with van der Waals surface area (Å²) in [6.45, 7) is 0. The molecule has 0 aliphatic heterocycles. The second kappa shape index (κ2) is 10.3. The number of nitrogens with zero attached hydrogens (tertiary/aromatic N) is 2. The van der Waals surface area contributed by atoms with Crippen LogP contribution >= 0.6 is 11.3 Å². The molecule has 0 spiro atoms.